The molecule has 0 saturated heterocycles. The van der Waals surface area contributed by atoms with Crippen molar-refractivity contribution in [2.45, 2.75) is 33.4 Å². The van der Waals surface area contributed by atoms with Crippen LogP contribution in [0, 0.1) is 13.8 Å². The van der Waals surface area contributed by atoms with Gasteiger partial charge in [0.25, 0.3) is 0 Å². The molecule has 1 amide bonds. The quantitative estimate of drug-likeness (QED) is 0.389. The summed E-state index contributed by atoms with van der Waals surface area (Å²) in [5.74, 6) is -0.347. The maximum absolute atomic E-state index is 12.5. The van der Waals surface area contributed by atoms with Crippen LogP contribution in [0.1, 0.15) is 17.0 Å². The van der Waals surface area contributed by atoms with Gasteiger partial charge >= 0.3 is 5.69 Å². The number of rotatable bonds is 7. The van der Waals surface area contributed by atoms with Crippen molar-refractivity contribution in [3.8, 4) is 11.3 Å². The molecule has 5 rings (SSSR count). The summed E-state index contributed by atoms with van der Waals surface area (Å²) in [4.78, 5) is 29.6. The van der Waals surface area contributed by atoms with Gasteiger partial charge in [-0.25, -0.2) is 14.5 Å². The van der Waals surface area contributed by atoms with Gasteiger partial charge in [0.2, 0.25) is 5.91 Å². The molecule has 0 unspecified atom stereocenters. The van der Waals surface area contributed by atoms with Gasteiger partial charge in [-0.15, -0.1) is 16.4 Å². The van der Waals surface area contributed by atoms with E-state index in [1.165, 1.54) is 27.0 Å². The number of nitrogens with zero attached hydrogens (tertiary/aromatic N) is 5. The van der Waals surface area contributed by atoms with Crippen LogP contribution in [0.25, 0.3) is 16.9 Å². The molecule has 8 nitrogen and oxygen atoms in total. The Hall–Kier alpha value is -3.98. The summed E-state index contributed by atoms with van der Waals surface area (Å²) in [7, 11) is 0. The third-order valence-electron chi connectivity index (χ3n) is 5.85. The number of amides is 1. The lowest BCUT2D eigenvalue weighted by Gasteiger charge is -2.09. The van der Waals surface area contributed by atoms with E-state index in [1.807, 2.05) is 11.4 Å². The number of benzene rings is 1. The van der Waals surface area contributed by atoms with Crippen molar-refractivity contribution >= 4 is 28.0 Å². The Balaban J connectivity index is 1.28. The van der Waals surface area contributed by atoms with Crippen LogP contribution < -0.4 is 11.0 Å². The number of thiazole rings is 1. The number of anilines is 1. The van der Waals surface area contributed by atoms with Gasteiger partial charge in [-0.3, -0.25) is 9.20 Å². The molecule has 34 heavy (non-hydrogen) atoms. The van der Waals surface area contributed by atoms with E-state index in [9.17, 15) is 9.59 Å². The Kier molecular flexibility index (Phi) is 5.85. The van der Waals surface area contributed by atoms with Gasteiger partial charge in [-0.05, 0) is 44.0 Å². The molecule has 5 aromatic rings. The van der Waals surface area contributed by atoms with Crippen LogP contribution in [-0.4, -0.2) is 29.6 Å². The van der Waals surface area contributed by atoms with Gasteiger partial charge in [0.15, 0.2) is 10.8 Å². The van der Waals surface area contributed by atoms with Crippen molar-refractivity contribution in [2.24, 2.45) is 0 Å². The third-order valence-corrected chi connectivity index (χ3v) is 6.61. The zero-order valence-corrected chi connectivity index (χ0v) is 19.7. The summed E-state index contributed by atoms with van der Waals surface area (Å²) >= 11 is 1.36. The highest BCUT2D eigenvalue weighted by molar-refractivity contribution is 7.14. The molecule has 1 aromatic carbocycles. The maximum atomic E-state index is 12.5. The zero-order valence-electron chi connectivity index (χ0n) is 18.9. The molecule has 0 aliphatic heterocycles. The third kappa shape index (κ3) is 4.29. The summed E-state index contributed by atoms with van der Waals surface area (Å²) in [6, 6.07) is 17.8. The molecular formula is C25H24N6O2S. The molecule has 4 heterocycles. The van der Waals surface area contributed by atoms with Crippen molar-refractivity contribution in [1.29, 1.82) is 0 Å². The van der Waals surface area contributed by atoms with E-state index >= 15 is 0 Å². The Labute approximate surface area is 200 Å². The van der Waals surface area contributed by atoms with E-state index in [0.29, 0.717) is 10.8 Å². The highest BCUT2D eigenvalue weighted by Crippen LogP contribution is 2.30. The van der Waals surface area contributed by atoms with Gasteiger partial charge in [0.05, 0.1) is 5.69 Å². The fourth-order valence-corrected chi connectivity index (χ4v) is 4.84. The van der Waals surface area contributed by atoms with E-state index in [4.69, 9.17) is 0 Å². The summed E-state index contributed by atoms with van der Waals surface area (Å²) in [6.45, 7) is 4.91. The number of carbonyl (C=O) groups excluding carboxylic acids is 1. The number of aryl methyl sites for hydroxylation is 2. The number of nitrogens with one attached hydrogen (secondary N) is 1. The number of carbonyl (C=O) groups is 1. The Morgan fingerprint density at radius 2 is 1.88 bits per heavy atom. The van der Waals surface area contributed by atoms with E-state index in [0.717, 1.165) is 34.6 Å². The predicted octanol–water partition coefficient (Wildman–Crippen LogP) is 3.92. The second-order valence-electron chi connectivity index (χ2n) is 8.13. The van der Waals surface area contributed by atoms with Gasteiger partial charge in [0.1, 0.15) is 6.54 Å². The number of hydrogen-bond donors (Lipinski definition) is 1. The first-order valence-corrected chi connectivity index (χ1v) is 11.9. The van der Waals surface area contributed by atoms with Gasteiger partial charge in [-0.1, -0.05) is 36.4 Å². The first-order valence-electron chi connectivity index (χ1n) is 11.0. The van der Waals surface area contributed by atoms with Gasteiger partial charge in [0, 0.05) is 35.1 Å². The van der Waals surface area contributed by atoms with Crippen LogP contribution >= 0.6 is 11.3 Å². The molecule has 172 valence electrons. The van der Waals surface area contributed by atoms with E-state index < -0.39 is 0 Å². The van der Waals surface area contributed by atoms with Crippen molar-refractivity contribution in [1.82, 2.24) is 23.7 Å². The van der Waals surface area contributed by atoms with Crippen molar-refractivity contribution in [2.75, 3.05) is 5.32 Å². The number of aromatic nitrogens is 5. The molecule has 0 bridgehead atoms. The average molecular weight is 473 g/mol. The highest BCUT2D eigenvalue weighted by Gasteiger charge is 2.16. The minimum atomic E-state index is -0.353. The number of fused-ring (bicyclic) bond motifs is 1. The lowest BCUT2D eigenvalue weighted by Crippen LogP contribution is -2.28. The minimum Gasteiger partial charge on any atom is -0.348 e. The molecule has 0 spiro atoms. The maximum Gasteiger partial charge on any atom is 0.350 e. The Morgan fingerprint density at radius 3 is 2.68 bits per heavy atom. The van der Waals surface area contributed by atoms with E-state index in [2.05, 4.69) is 64.1 Å². The van der Waals surface area contributed by atoms with Gasteiger partial charge in [-0.2, -0.15) is 0 Å². The Morgan fingerprint density at radius 1 is 1.09 bits per heavy atom. The van der Waals surface area contributed by atoms with Crippen LogP contribution in [0.5, 0.6) is 0 Å². The van der Waals surface area contributed by atoms with E-state index in [-0.39, 0.29) is 18.1 Å². The predicted molar refractivity (Wildman–Crippen MR) is 133 cm³/mol. The van der Waals surface area contributed by atoms with E-state index in [1.54, 1.807) is 24.4 Å². The summed E-state index contributed by atoms with van der Waals surface area (Å²) in [6.07, 6.45) is 2.58. The molecule has 0 saturated carbocycles. The average Bonchev–Trinajstić information content (AvgIpc) is 3.50. The highest BCUT2D eigenvalue weighted by atomic mass is 32.1. The second-order valence-corrected chi connectivity index (χ2v) is 8.99. The smallest absolute Gasteiger partial charge is 0.348 e. The molecule has 0 aliphatic rings. The molecule has 9 heteroatoms. The van der Waals surface area contributed by atoms with Crippen LogP contribution in [0.2, 0.25) is 0 Å². The number of pyridine rings is 1. The lowest BCUT2D eigenvalue weighted by atomic mass is 10.1. The zero-order chi connectivity index (χ0) is 23.7. The molecule has 0 aliphatic carbocycles. The normalized spacial score (nSPS) is 11.2. The van der Waals surface area contributed by atoms with Crippen molar-refractivity contribution < 1.29 is 4.79 Å². The first-order chi connectivity index (χ1) is 16.5. The standard InChI is InChI=1S/C25H24N6O2S/c1-17-14-20(18(2)29(17)13-11-19-8-4-3-5-9-19)21-16-34-24(26-21)27-23(32)15-31-25(33)30-12-7-6-10-22(30)28-31/h3-10,12,14,16H,11,13,15H2,1-2H3,(H,26,27,32). The summed E-state index contributed by atoms with van der Waals surface area (Å²) < 4.78 is 4.86. The van der Waals surface area contributed by atoms with Gasteiger partial charge < -0.3 is 9.88 Å². The number of hydrogen-bond acceptors (Lipinski definition) is 5. The Bertz CT molecular complexity index is 1530. The fraction of sp³-hybridized carbons (Fsp3) is 0.200. The van der Waals surface area contributed by atoms with Crippen LogP contribution in [0.4, 0.5) is 5.13 Å². The first kappa shape index (κ1) is 21.8. The monoisotopic (exact) mass is 472 g/mol. The van der Waals surface area contributed by atoms with Crippen molar-refractivity contribution in [3.63, 3.8) is 0 Å². The topological polar surface area (TPSA) is 86.2 Å². The summed E-state index contributed by atoms with van der Waals surface area (Å²) in [5, 5.41) is 9.42. The fourth-order valence-electron chi connectivity index (χ4n) is 4.11. The SMILES string of the molecule is Cc1cc(-c2csc(NC(=O)Cn3nc4ccccn4c3=O)n2)c(C)n1CCc1ccccc1. The van der Waals surface area contributed by atoms with Crippen LogP contribution in [-0.2, 0) is 24.3 Å². The minimum absolute atomic E-state index is 0.177. The molecule has 0 atom stereocenters. The summed E-state index contributed by atoms with van der Waals surface area (Å²) in [5.41, 5.74) is 5.65. The molecule has 0 radical (unpaired) electrons. The molecule has 1 N–H and O–H groups in total. The lowest BCUT2D eigenvalue weighted by molar-refractivity contribution is -0.117. The largest absolute Gasteiger partial charge is 0.350 e. The van der Waals surface area contributed by atoms with Crippen molar-refractivity contribution in [3.05, 3.63) is 93.6 Å². The molecule has 0 fully saturated rings. The van der Waals surface area contributed by atoms with Crippen LogP contribution in [0.3, 0.4) is 0 Å². The second kappa shape index (κ2) is 9.11. The van der Waals surface area contributed by atoms with Crippen LogP contribution in [0.15, 0.2) is 71.0 Å². The molecular weight excluding hydrogens is 448 g/mol. The molecule has 4 aromatic heterocycles.